The number of rotatable bonds is 4. The molecule has 0 atom stereocenters. The maximum absolute atomic E-state index is 12.4. The van der Waals surface area contributed by atoms with Crippen molar-refractivity contribution >= 4 is 40.1 Å². The van der Waals surface area contributed by atoms with Crippen LogP contribution in [0.2, 0.25) is 0 Å². The second-order valence-electron chi connectivity index (χ2n) is 5.78. The summed E-state index contributed by atoms with van der Waals surface area (Å²) in [5.74, 6) is -1.92. The Morgan fingerprint density at radius 1 is 1.32 bits per heavy atom. The number of fused-ring (bicyclic) bond motifs is 1. The number of methoxy groups -OCH3 is 1. The van der Waals surface area contributed by atoms with E-state index in [-0.39, 0.29) is 23.2 Å². The van der Waals surface area contributed by atoms with Crippen LogP contribution < -0.4 is 10.6 Å². The molecular formula is C16H16N4O7S. The van der Waals surface area contributed by atoms with E-state index in [0.717, 1.165) is 27.8 Å². The highest BCUT2D eigenvalue weighted by molar-refractivity contribution is 7.17. The average Bonchev–Trinajstić information content (AvgIpc) is 3.31. The average molecular weight is 408 g/mol. The number of anilines is 1. The molecule has 12 heteroatoms. The van der Waals surface area contributed by atoms with Crippen molar-refractivity contribution in [3.8, 4) is 0 Å². The molecule has 1 aliphatic heterocycles. The number of nitrogens with one attached hydrogen (secondary N) is 2. The molecule has 3 rings (SSSR count). The topological polar surface area (TPSA) is 144 Å². The first-order valence-electron chi connectivity index (χ1n) is 8.10. The number of hydrogen-bond donors (Lipinski definition) is 2. The van der Waals surface area contributed by atoms with Gasteiger partial charge in [-0.3, -0.25) is 19.7 Å². The smallest absolute Gasteiger partial charge is 0.433 e. The van der Waals surface area contributed by atoms with Crippen molar-refractivity contribution in [2.24, 2.45) is 0 Å². The first-order chi connectivity index (χ1) is 13.3. The Kier molecular flexibility index (Phi) is 5.31. The van der Waals surface area contributed by atoms with E-state index in [1.807, 2.05) is 0 Å². The van der Waals surface area contributed by atoms with E-state index in [0.29, 0.717) is 18.5 Å². The number of nitrogens with zero attached hydrogens (tertiary/aromatic N) is 2. The van der Waals surface area contributed by atoms with Crippen molar-refractivity contribution < 1.29 is 28.5 Å². The summed E-state index contributed by atoms with van der Waals surface area (Å²) >= 11 is 1.16. The lowest BCUT2D eigenvalue weighted by Crippen LogP contribution is -2.35. The summed E-state index contributed by atoms with van der Waals surface area (Å²) in [7, 11) is 2.76. The summed E-state index contributed by atoms with van der Waals surface area (Å²) < 4.78 is 9.62. The van der Waals surface area contributed by atoms with Crippen molar-refractivity contribution in [1.29, 1.82) is 0 Å². The van der Waals surface area contributed by atoms with Crippen LogP contribution in [0.4, 0.5) is 15.7 Å². The molecule has 3 heterocycles. The minimum absolute atomic E-state index is 0.249. The van der Waals surface area contributed by atoms with E-state index in [2.05, 4.69) is 10.6 Å². The fourth-order valence-corrected chi connectivity index (χ4v) is 4.11. The number of thiophene rings is 1. The maximum Gasteiger partial charge on any atom is 0.433 e. The van der Waals surface area contributed by atoms with E-state index in [4.69, 9.17) is 9.15 Å². The number of carbonyl (C=O) groups is 3. The predicted octanol–water partition coefficient (Wildman–Crippen LogP) is 1.99. The Morgan fingerprint density at radius 2 is 2.07 bits per heavy atom. The van der Waals surface area contributed by atoms with Crippen LogP contribution in [0.3, 0.4) is 0 Å². The molecule has 0 unspecified atom stereocenters. The third-order valence-electron chi connectivity index (χ3n) is 4.17. The zero-order valence-electron chi connectivity index (χ0n) is 14.9. The van der Waals surface area contributed by atoms with E-state index < -0.39 is 22.8 Å². The van der Waals surface area contributed by atoms with Gasteiger partial charge in [-0.1, -0.05) is 0 Å². The van der Waals surface area contributed by atoms with Crippen LogP contribution in [0.5, 0.6) is 0 Å². The van der Waals surface area contributed by atoms with Crippen LogP contribution in [0.1, 0.15) is 31.4 Å². The largest absolute Gasteiger partial charge is 0.453 e. The summed E-state index contributed by atoms with van der Waals surface area (Å²) in [6, 6.07) is 2.25. The summed E-state index contributed by atoms with van der Waals surface area (Å²) in [6.07, 6.45) is -0.0554. The van der Waals surface area contributed by atoms with E-state index in [1.165, 1.54) is 25.1 Å². The van der Waals surface area contributed by atoms with Crippen LogP contribution in [0.25, 0.3) is 0 Å². The van der Waals surface area contributed by atoms with Crippen molar-refractivity contribution in [3.05, 3.63) is 44.0 Å². The first kappa shape index (κ1) is 19.4. The van der Waals surface area contributed by atoms with Gasteiger partial charge in [0.1, 0.15) is 9.92 Å². The number of hydrogen-bond acceptors (Lipinski definition) is 8. The van der Waals surface area contributed by atoms with Crippen LogP contribution in [0, 0.1) is 10.1 Å². The molecule has 0 radical (unpaired) electrons. The molecule has 3 amide bonds. The van der Waals surface area contributed by atoms with Gasteiger partial charge in [0.25, 0.3) is 11.8 Å². The minimum atomic E-state index is -0.752. The minimum Gasteiger partial charge on any atom is -0.453 e. The van der Waals surface area contributed by atoms with Crippen molar-refractivity contribution in [2.75, 3.05) is 26.0 Å². The van der Waals surface area contributed by atoms with Gasteiger partial charge in [0, 0.05) is 18.5 Å². The molecule has 0 bridgehead atoms. The molecule has 0 saturated carbocycles. The lowest BCUT2D eigenvalue weighted by Gasteiger charge is -2.25. The first-order valence-corrected chi connectivity index (χ1v) is 8.92. The van der Waals surface area contributed by atoms with E-state index in [1.54, 1.807) is 0 Å². The Morgan fingerprint density at radius 3 is 2.68 bits per heavy atom. The van der Waals surface area contributed by atoms with Crippen LogP contribution in [-0.4, -0.2) is 48.4 Å². The summed E-state index contributed by atoms with van der Waals surface area (Å²) in [4.78, 5) is 48.8. The molecule has 2 N–H and O–H groups in total. The SMILES string of the molecule is CNC(=O)c1c(NC(=O)c2ccc([N+](=O)[O-])o2)sc2c1CCN(C(=O)OC)C2. The number of furan rings is 1. The standard InChI is InChI=1S/C16H16N4O7S/c1-17-14(22)12-8-5-6-19(16(23)26-2)7-10(8)28-15(12)18-13(21)9-3-4-11(27-9)20(24)25/h3-4H,5-7H2,1-2H3,(H,17,22)(H,18,21). The second-order valence-corrected chi connectivity index (χ2v) is 6.88. The van der Waals surface area contributed by atoms with E-state index in [9.17, 15) is 24.5 Å². The zero-order chi connectivity index (χ0) is 20.4. The molecule has 1 aliphatic rings. The quantitative estimate of drug-likeness (QED) is 0.581. The third-order valence-corrected chi connectivity index (χ3v) is 5.30. The molecule has 0 aromatic carbocycles. The van der Waals surface area contributed by atoms with Crippen molar-refractivity contribution in [3.63, 3.8) is 0 Å². The second kappa shape index (κ2) is 7.68. The maximum atomic E-state index is 12.4. The summed E-state index contributed by atoms with van der Waals surface area (Å²) in [6.45, 7) is 0.622. The summed E-state index contributed by atoms with van der Waals surface area (Å²) in [5.41, 5.74) is 1.05. The number of carbonyl (C=O) groups excluding carboxylic acids is 3. The van der Waals surface area contributed by atoms with Gasteiger partial charge in [-0.05, 0) is 18.1 Å². The molecule has 28 heavy (non-hydrogen) atoms. The Labute approximate surface area is 162 Å². The molecule has 2 aromatic rings. The van der Waals surface area contributed by atoms with Gasteiger partial charge in [0.15, 0.2) is 5.76 Å². The molecule has 2 aromatic heterocycles. The van der Waals surface area contributed by atoms with E-state index >= 15 is 0 Å². The molecule has 0 spiro atoms. The monoisotopic (exact) mass is 408 g/mol. The molecule has 0 saturated heterocycles. The Balaban J connectivity index is 1.91. The van der Waals surface area contributed by atoms with Crippen LogP contribution in [-0.2, 0) is 17.7 Å². The predicted molar refractivity (Wildman–Crippen MR) is 97.5 cm³/mol. The van der Waals surface area contributed by atoms with Gasteiger partial charge in [0.05, 0.1) is 25.3 Å². The lowest BCUT2D eigenvalue weighted by atomic mass is 10.0. The molecule has 0 fully saturated rings. The van der Waals surface area contributed by atoms with Crippen molar-refractivity contribution in [2.45, 2.75) is 13.0 Å². The fraction of sp³-hybridized carbons (Fsp3) is 0.312. The third kappa shape index (κ3) is 3.53. The van der Waals surface area contributed by atoms with Crippen LogP contribution >= 0.6 is 11.3 Å². The van der Waals surface area contributed by atoms with Gasteiger partial charge in [-0.2, -0.15) is 0 Å². The highest BCUT2D eigenvalue weighted by Crippen LogP contribution is 2.37. The molecular weight excluding hydrogens is 392 g/mol. The van der Waals surface area contributed by atoms with Gasteiger partial charge >= 0.3 is 12.0 Å². The normalized spacial score (nSPS) is 12.9. The van der Waals surface area contributed by atoms with Gasteiger partial charge in [-0.15, -0.1) is 11.3 Å². The summed E-state index contributed by atoms with van der Waals surface area (Å²) in [5, 5.41) is 16.1. The van der Waals surface area contributed by atoms with Crippen molar-refractivity contribution in [1.82, 2.24) is 10.2 Å². The number of ether oxygens (including phenoxy) is 1. The molecule has 148 valence electrons. The highest BCUT2D eigenvalue weighted by atomic mass is 32.1. The van der Waals surface area contributed by atoms with Crippen LogP contribution in [0.15, 0.2) is 16.5 Å². The fourth-order valence-electron chi connectivity index (χ4n) is 2.85. The zero-order valence-corrected chi connectivity index (χ0v) is 15.8. The molecule has 0 aliphatic carbocycles. The Hall–Kier alpha value is -3.41. The highest BCUT2D eigenvalue weighted by Gasteiger charge is 2.31. The Bertz CT molecular complexity index is 964. The lowest BCUT2D eigenvalue weighted by molar-refractivity contribution is -0.402. The molecule has 11 nitrogen and oxygen atoms in total. The van der Waals surface area contributed by atoms with Gasteiger partial charge in [0.2, 0.25) is 0 Å². The van der Waals surface area contributed by atoms with Gasteiger partial charge < -0.3 is 24.7 Å². The number of amides is 3. The number of nitro groups is 1. The van der Waals surface area contributed by atoms with Gasteiger partial charge in [-0.25, -0.2) is 4.79 Å².